The minimum atomic E-state index is -4.51. The topological polar surface area (TPSA) is 150 Å². The second kappa shape index (κ2) is 9.11. The number of aryl methyl sites for hydroxylation is 1. The average molecular weight is 533 g/mol. The lowest BCUT2D eigenvalue weighted by Crippen LogP contribution is -2.48. The summed E-state index contributed by atoms with van der Waals surface area (Å²) in [5.74, 6) is -1.43. The van der Waals surface area contributed by atoms with E-state index in [1.54, 1.807) is 25.4 Å². The first-order valence-electron chi connectivity index (χ1n) is 10.5. The summed E-state index contributed by atoms with van der Waals surface area (Å²) in [6.07, 6.45) is -1.58. The maximum atomic E-state index is 12.8. The van der Waals surface area contributed by atoms with Gasteiger partial charge in [0.25, 0.3) is 0 Å². The van der Waals surface area contributed by atoms with Crippen molar-refractivity contribution in [2.45, 2.75) is 37.8 Å². The van der Waals surface area contributed by atoms with Crippen molar-refractivity contribution in [1.29, 1.82) is 0 Å². The molecular formula is C20H23F3N6O4S2. The van der Waals surface area contributed by atoms with Crippen LogP contribution >= 0.6 is 11.3 Å². The molecule has 1 aliphatic carbocycles. The fourth-order valence-electron chi connectivity index (χ4n) is 4.07. The zero-order valence-corrected chi connectivity index (χ0v) is 20.3. The number of hydrogen-bond acceptors (Lipinski definition) is 11. The first-order valence-corrected chi connectivity index (χ1v) is 13.4. The Balaban J connectivity index is 1.75. The quantitative estimate of drug-likeness (QED) is 0.334. The summed E-state index contributed by atoms with van der Waals surface area (Å²) in [6.45, 7) is 0.189. The molecule has 0 aliphatic heterocycles. The molecule has 15 heteroatoms. The minimum absolute atomic E-state index is 0.00801. The van der Waals surface area contributed by atoms with Crippen LogP contribution in [0.4, 0.5) is 24.9 Å². The predicted octanol–water partition coefficient (Wildman–Crippen LogP) is 2.35. The number of anilines is 2. The van der Waals surface area contributed by atoms with E-state index >= 15 is 0 Å². The summed E-state index contributed by atoms with van der Waals surface area (Å²) < 4.78 is 62.5. The molecule has 1 aliphatic rings. The summed E-state index contributed by atoms with van der Waals surface area (Å²) in [7, 11) is -3.42. The maximum Gasteiger partial charge on any atom is 0.405 e. The van der Waals surface area contributed by atoms with Crippen LogP contribution in [0.2, 0.25) is 0 Å². The number of aliphatic hydroxyl groups excluding tert-OH is 1. The molecule has 3 heterocycles. The van der Waals surface area contributed by atoms with Crippen LogP contribution < -0.4 is 10.6 Å². The highest BCUT2D eigenvalue weighted by molar-refractivity contribution is 7.90. The van der Waals surface area contributed by atoms with Gasteiger partial charge in [-0.25, -0.2) is 18.4 Å². The van der Waals surface area contributed by atoms with E-state index in [1.807, 2.05) is 0 Å². The number of fused-ring (bicyclic) bond motifs is 1. The lowest BCUT2D eigenvalue weighted by atomic mass is 10.0. The molecule has 3 atom stereocenters. The molecule has 1 saturated carbocycles. The summed E-state index contributed by atoms with van der Waals surface area (Å²) >= 11 is 1.27. The average Bonchev–Trinajstić information content (AvgIpc) is 3.27. The number of nitrogens with zero attached hydrogens (tertiary/aromatic N) is 4. The molecule has 190 valence electrons. The first-order chi connectivity index (χ1) is 16.2. The Hall–Kier alpha value is -2.62. The normalized spacial score (nSPS) is 23.1. The van der Waals surface area contributed by atoms with Gasteiger partial charge in [-0.05, 0) is 25.8 Å². The first kappa shape index (κ1) is 25.5. The van der Waals surface area contributed by atoms with Crippen molar-refractivity contribution >= 4 is 43.2 Å². The number of sulfone groups is 1. The number of hydrogen-bond donors (Lipinski definition) is 4. The van der Waals surface area contributed by atoms with Gasteiger partial charge in [-0.2, -0.15) is 18.2 Å². The number of pyridine rings is 1. The van der Waals surface area contributed by atoms with Crippen molar-refractivity contribution in [3.05, 3.63) is 24.2 Å². The van der Waals surface area contributed by atoms with Gasteiger partial charge in [-0.3, -0.25) is 4.98 Å². The second-order valence-electron chi connectivity index (χ2n) is 8.57. The molecule has 4 rings (SSSR count). The molecule has 10 nitrogen and oxygen atoms in total. The van der Waals surface area contributed by atoms with Crippen LogP contribution in [0, 0.1) is 12.8 Å². The molecule has 0 bridgehead atoms. The second-order valence-corrected chi connectivity index (χ2v) is 11.8. The van der Waals surface area contributed by atoms with Crippen molar-refractivity contribution in [3.8, 4) is 10.6 Å². The summed E-state index contributed by atoms with van der Waals surface area (Å²) in [4.78, 5) is 16.8. The van der Waals surface area contributed by atoms with Crippen molar-refractivity contribution in [3.63, 3.8) is 0 Å². The van der Waals surface area contributed by atoms with Crippen LogP contribution in [-0.4, -0.2) is 75.1 Å². The van der Waals surface area contributed by atoms with Gasteiger partial charge in [-0.15, -0.1) is 11.3 Å². The Kier molecular flexibility index (Phi) is 6.63. The molecule has 4 N–H and O–H groups in total. The van der Waals surface area contributed by atoms with Gasteiger partial charge in [-0.1, -0.05) is 0 Å². The number of alkyl halides is 3. The largest absolute Gasteiger partial charge is 0.405 e. The van der Waals surface area contributed by atoms with E-state index in [4.69, 9.17) is 0 Å². The number of aromatic nitrogens is 4. The zero-order chi connectivity index (χ0) is 25.6. The monoisotopic (exact) mass is 532 g/mol. The Morgan fingerprint density at radius 2 is 2.03 bits per heavy atom. The highest BCUT2D eigenvalue weighted by Crippen LogP contribution is 2.41. The number of rotatable bonds is 7. The van der Waals surface area contributed by atoms with E-state index in [9.17, 15) is 31.8 Å². The van der Waals surface area contributed by atoms with Gasteiger partial charge < -0.3 is 20.8 Å². The minimum Gasteiger partial charge on any atom is -0.388 e. The highest BCUT2D eigenvalue weighted by Gasteiger charge is 2.48. The molecule has 0 spiro atoms. The molecule has 0 saturated heterocycles. The Labute approximate surface area is 202 Å². The Morgan fingerprint density at radius 3 is 2.69 bits per heavy atom. The molecule has 3 aromatic rings. The molecule has 0 amide bonds. The van der Waals surface area contributed by atoms with Gasteiger partial charge in [0.1, 0.15) is 38.8 Å². The van der Waals surface area contributed by atoms with Crippen LogP contribution in [0.25, 0.3) is 20.8 Å². The SMILES string of the molecule is Cc1nc(NCC(F)(F)F)nc(N[C@@]2(O)CC[C@H](CS(C)(=O)=O)[C@H]2O)c1-c1nc2cnccc2s1. The van der Waals surface area contributed by atoms with E-state index in [0.717, 1.165) is 11.0 Å². The van der Waals surface area contributed by atoms with E-state index in [1.165, 1.54) is 11.3 Å². The Bertz CT molecular complexity index is 1320. The van der Waals surface area contributed by atoms with Crippen molar-refractivity contribution in [1.82, 2.24) is 19.9 Å². The van der Waals surface area contributed by atoms with E-state index in [2.05, 4.69) is 30.6 Å². The lowest BCUT2D eigenvalue weighted by Gasteiger charge is -2.31. The van der Waals surface area contributed by atoms with E-state index < -0.39 is 40.3 Å². The summed E-state index contributed by atoms with van der Waals surface area (Å²) in [6, 6.07) is 1.75. The molecule has 35 heavy (non-hydrogen) atoms. The van der Waals surface area contributed by atoms with Gasteiger partial charge in [0.2, 0.25) is 5.95 Å². The summed E-state index contributed by atoms with van der Waals surface area (Å²) in [5, 5.41) is 27.3. The van der Waals surface area contributed by atoms with Gasteiger partial charge in [0, 0.05) is 18.4 Å². The molecule has 0 unspecified atom stereocenters. The standard InChI is InChI=1S/C20H23F3N6O4S2/c1-10-14(17-27-12-7-24-6-4-13(12)34-17)16(28-18(26-10)25-9-20(21,22)23)29-19(31)5-3-11(15(19)30)8-35(2,32)33/h4,6-7,11,15,30-31H,3,5,8-9H2,1-2H3,(H2,25,26,28,29)/t11-,15-,19-/m1/s1. The molecule has 3 aromatic heterocycles. The lowest BCUT2D eigenvalue weighted by molar-refractivity contribution is -0.115. The van der Waals surface area contributed by atoms with Crippen LogP contribution in [0.15, 0.2) is 18.5 Å². The van der Waals surface area contributed by atoms with Crippen LogP contribution in [0.3, 0.4) is 0 Å². The fourth-order valence-corrected chi connectivity index (χ4v) is 6.23. The van der Waals surface area contributed by atoms with Gasteiger partial charge in [0.05, 0.1) is 27.9 Å². The van der Waals surface area contributed by atoms with Crippen molar-refractivity contribution in [2.75, 3.05) is 29.2 Å². The van der Waals surface area contributed by atoms with Crippen molar-refractivity contribution in [2.24, 2.45) is 5.92 Å². The van der Waals surface area contributed by atoms with Crippen LogP contribution in [0.1, 0.15) is 18.5 Å². The number of aliphatic hydroxyl groups is 2. The zero-order valence-electron chi connectivity index (χ0n) is 18.7. The molecule has 0 radical (unpaired) electrons. The smallest absolute Gasteiger partial charge is 0.388 e. The predicted molar refractivity (Wildman–Crippen MR) is 125 cm³/mol. The van der Waals surface area contributed by atoms with Gasteiger partial charge in [0.15, 0.2) is 5.72 Å². The molecular weight excluding hydrogens is 509 g/mol. The number of thiazole rings is 1. The maximum absolute atomic E-state index is 12.8. The third-order valence-corrected chi connectivity index (χ3v) is 7.71. The van der Waals surface area contributed by atoms with Crippen molar-refractivity contribution < 1.29 is 31.8 Å². The molecule has 0 aromatic carbocycles. The Morgan fingerprint density at radius 1 is 1.29 bits per heavy atom. The molecule has 1 fully saturated rings. The third-order valence-electron chi connectivity index (χ3n) is 5.62. The number of halogens is 3. The van der Waals surface area contributed by atoms with Crippen LogP contribution in [0.5, 0.6) is 0 Å². The van der Waals surface area contributed by atoms with Crippen LogP contribution in [-0.2, 0) is 9.84 Å². The van der Waals surface area contributed by atoms with Gasteiger partial charge >= 0.3 is 6.18 Å². The number of nitrogens with one attached hydrogen (secondary N) is 2. The van der Waals surface area contributed by atoms with E-state index in [-0.39, 0.29) is 36.1 Å². The fraction of sp³-hybridized carbons (Fsp3) is 0.500. The van der Waals surface area contributed by atoms with E-state index in [0.29, 0.717) is 16.1 Å². The summed E-state index contributed by atoms with van der Waals surface area (Å²) in [5.41, 5.74) is -0.770. The highest BCUT2D eigenvalue weighted by atomic mass is 32.2. The third kappa shape index (κ3) is 5.79.